The van der Waals surface area contributed by atoms with Gasteiger partial charge in [0.15, 0.2) is 0 Å². The van der Waals surface area contributed by atoms with Crippen molar-refractivity contribution >= 4 is 11.9 Å². The van der Waals surface area contributed by atoms with Gasteiger partial charge >= 0.3 is 5.97 Å². The number of benzene rings is 1. The summed E-state index contributed by atoms with van der Waals surface area (Å²) in [5.41, 5.74) is 0.949. The highest BCUT2D eigenvalue weighted by Gasteiger charge is 2.18. The molecule has 1 heterocycles. The lowest BCUT2D eigenvalue weighted by Gasteiger charge is -2.29. The van der Waals surface area contributed by atoms with Crippen LogP contribution in [0.1, 0.15) is 28.8 Å². The minimum atomic E-state index is -0.970. The predicted octanol–water partition coefficient (Wildman–Crippen LogP) is 1.14. The number of hydrogen-bond acceptors (Lipinski definition) is 3. The fraction of sp³-hybridized carbons (Fsp3) is 0.467. The Labute approximate surface area is 118 Å². The van der Waals surface area contributed by atoms with E-state index in [-0.39, 0.29) is 23.9 Å². The van der Waals surface area contributed by atoms with Gasteiger partial charge in [-0.25, -0.2) is 4.79 Å². The number of aromatic carboxylic acids is 1. The van der Waals surface area contributed by atoms with Gasteiger partial charge in [-0.1, -0.05) is 12.1 Å². The van der Waals surface area contributed by atoms with Gasteiger partial charge in [-0.2, -0.15) is 0 Å². The molecule has 0 unspecified atom stereocenters. The van der Waals surface area contributed by atoms with Crippen LogP contribution in [-0.2, 0) is 11.2 Å². The zero-order valence-corrected chi connectivity index (χ0v) is 11.6. The van der Waals surface area contributed by atoms with Crippen LogP contribution in [0.4, 0.5) is 0 Å². The number of amides is 1. The zero-order chi connectivity index (χ0) is 14.5. The minimum absolute atomic E-state index is 0.0397. The number of carboxylic acids is 1. The number of nitrogens with one attached hydrogen (secondary N) is 1. The largest absolute Gasteiger partial charge is 0.478 e. The number of carboxylic acid groups (broad SMARTS) is 1. The maximum Gasteiger partial charge on any atom is 0.335 e. The van der Waals surface area contributed by atoms with E-state index in [4.69, 9.17) is 5.11 Å². The van der Waals surface area contributed by atoms with Crippen LogP contribution in [0.2, 0.25) is 0 Å². The smallest absolute Gasteiger partial charge is 0.335 e. The van der Waals surface area contributed by atoms with Gasteiger partial charge in [-0.3, -0.25) is 4.79 Å². The lowest BCUT2D eigenvalue weighted by molar-refractivity contribution is -0.121. The van der Waals surface area contributed by atoms with Crippen molar-refractivity contribution in [3.05, 3.63) is 35.4 Å². The molecular weight excluding hydrogens is 256 g/mol. The van der Waals surface area contributed by atoms with Crippen molar-refractivity contribution in [1.29, 1.82) is 0 Å². The normalized spacial score (nSPS) is 16.9. The molecule has 1 saturated heterocycles. The van der Waals surface area contributed by atoms with Crippen LogP contribution in [0.15, 0.2) is 24.3 Å². The summed E-state index contributed by atoms with van der Waals surface area (Å²) in [6, 6.07) is 6.76. The third-order valence-corrected chi connectivity index (χ3v) is 3.62. The van der Waals surface area contributed by atoms with E-state index in [9.17, 15) is 9.59 Å². The first-order valence-electron chi connectivity index (χ1n) is 6.85. The standard InChI is InChI=1S/C15H20N2O3/c1-17-7-5-13(6-8-17)16-14(18)10-11-3-2-4-12(9-11)15(19)20/h2-4,9,13H,5-8,10H2,1H3,(H,16,18)(H,19,20). The maximum atomic E-state index is 12.0. The van der Waals surface area contributed by atoms with Gasteiger partial charge in [0, 0.05) is 6.04 Å². The summed E-state index contributed by atoms with van der Waals surface area (Å²) in [5, 5.41) is 11.9. The summed E-state index contributed by atoms with van der Waals surface area (Å²) in [6.07, 6.45) is 2.17. The highest BCUT2D eigenvalue weighted by Crippen LogP contribution is 2.10. The van der Waals surface area contributed by atoms with Gasteiger partial charge in [0.05, 0.1) is 12.0 Å². The third kappa shape index (κ3) is 4.06. The molecule has 1 aliphatic rings. The molecule has 5 heteroatoms. The number of hydrogen-bond donors (Lipinski definition) is 2. The summed E-state index contributed by atoms with van der Waals surface area (Å²) in [5.74, 6) is -1.01. The molecule has 1 aromatic rings. The molecule has 0 spiro atoms. The molecule has 0 radical (unpaired) electrons. The molecule has 2 rings (SSSR count). The second-order valence-electron chi connectivity index (χ2n) is 5.33. The second kappa shape index (κ2) is 6.52. The molecule has 0 atom stereocenters. The highest BCUT2D eigenvalue weighted by molar-refractivity contribution is 5.88. The van der Waals surface area contributed by atoms with Crippen LogP contribution in [0.3, 0.4) is 0 Å². The van der Waals surface area contributed by atoms with Crippen LogP contribution in [-0.4, -0.2) is 48.1 Å². The highest BCUT2D eigenvalue weighted by atomic mass is 16.4. The Morgan fingerprint density at radius 2 is 2.05 bits per heavy atom. The van der Waals surface area contributed by atoms with E-state index in [1.807, 2.05) is 0 Å². The maximum absolute atomic E-state index is 12.0. The Morgan fingerprint density at radius 1 is 1.35 bits per heavy atom. The predicted molar refractivity (Wildman–Crippen MR) is 75.8 cm³/mol. The third-order valence-electron chi connectivity index (χ3n) is 3.62. The van der Waals surface area contributed by atoms with Crippen molar-refractivity contribution in [2.75, 3.05) is 20.1 Å². The Hall–Kier alpha value is -1.88. The molecule has 5 nitrogen and oxygen atoms in total. The molecule has 0 saturated carbocycles. The van der Waals surface area contributed by atoms with E-state index in [0.717, 1.165) is 31.5 Å². The SMILES string of the molecule is CN1CCC(NC(=O)Cc2cccc(C(=O)O)c2)CC1. The first-order valence-corrected chi connectivity index (χ1v) is 6.85. The zero-order valence-electron chi connectivity index (χ0n) is 11.6. The van der Waals surface area contributed by atoms with Crippen LogP contribution in [0.5, 0.6) is 0 Å². The van der Waals surface area contributed by atoms with Crippen molar-refractivity contribution in [1.82, 2.24) is 10.2 Å². The Morgan fingerprint density at radius 3 is 2.70 bits per heavy atom. The van der Waals surface area contributed by atoms with E-state index in [1.165, 1.54) is 6.07 Å². The van der Waals surface area contributed by atoms with Crippen molar-refractivity contribution in [3.8, 4) is 0 Å². The first kappa shape index (κ1) is 14.5. The molecule has 1 aromatic carbocycles. The lowest BCUT2D eigenvalue weighted by Crippen LogP contribution is -2.43. The van der Waals surface area contributed by atoms with Crippen LogP contribution in [0, 0.1) is 0 Å². The van der Waals surface area contributed by atoms with E-state index < -0.39 is 5.97 Å². The quantitative estimate of drug-likeness (QED) is 0.865. The minimum Gasteiger partial charge on any atom is -0.478 e. The van der Waals surface area contributed by atoms with E-state index >= 15 is 0 Å². The van der Waals surface area contributed by atoms with Crippen molar-refractivity contribution in [2.24, 2.45) is 0 Å². The summed E-state index contributed by atoms with van der Waals surface area (Å²) in [7, 11) is 2.08. The topological polar surface area (TPSA) is 69.6 Å². The number of likely N-dealkylation sites (tertiary alicyclic amines) is 1. The van der Waals surface area contributed by atoms with Crippen molar-refractivity contribution in [3.63, 3.8) is 0 Å². The van der Waals surface area contributed by atoms with Crippen LogP contribution in [0.25, 0.3) is 0 Å². The summed E-state index contributed by atoms with van der Waals surface area (Å²) in [4.78, 5) is 25.1. The molecule has 0 aromatic heterocycles. The van der Waals surface area contributed by atoms with Gasteiger partial charge in [0.1, 0.15) is 0 Å². The molecule has 0 bridgehead atoms. The molecule has 1 aliphatic heterocycles. The number of carbonyl (C=O) groups is 2. The van der Waals surface area contributed by atoms with Crippen LogP contribution >= 0.6 is 0 Å². The first-order chi connectivity index (χ1) is 9.54. The number of piperidine rings is 1. The van der Waals surface area contributed by atoms with E-state index in [1.54, 1.807) is 18.2 Å². The fourth-order valence-electron chi connectivity index (χ4n) is 2.43. The monoisotopic (exact) mass is 276 g/mol. The molecule has 1 fully saturated rings. The average Bonchev–Trinajstić information content (AvgIpc) is 2.41. The van der Waals surface area contributed by atoms with Gasteiger partial charge < -0.3 is 15.3 Å². The Balaban J connectivity index is 1.88. The molecule has 1 amide bonds. The lowest BCUT2D eigenvalue weighted by atomic mass is 10.0. The van der Waals surface area contributed by atoms with Crippen LogP contribution < -0.4 is 5.32 Å². The summed E-state index contributed by atoms with van der Waals surface area (Å²) in [6.45, 7) is 2.00. The number of carbonyl (C=O) groups excluding carboxylic acids is 1. The molecule has 108 valence electrons. The molecule has 0 aliphatic carbocycles. The molecule has 2 N–H and O–H groups in total. The van der Waals surface area contributed by atoms with Crippen molar-refractivity contribution in [2.45, 2.75) is 25.3 Å². The Kier molecular flexibility index (Phi) is 4.74. The van der Waals surface area contributed by atoms with Gasteiger partial charge in [-0.15, -0.1) is 0 Å². The van der Waals surface area contributed by atoms with Crippen molar-refractivity contribution < 1.29 is 14.7 Å². The molecule has 20 heavy (non-hydrogen) atoms. The van der Waals surface area contributed by atoms with Gasteiger partial charge in [-0.05, 0) is 50.7 Å². The fourth-order valence-corrected chi connectivity index (χ4v) is 2.43. The van der Waals surface area contributed by atoms with Gasteiger partial charge in [0.2, 0.25) is 5.91 Å². The average molecular weight is 276 g/mol. The van der Waals surface area contributed by atoms with E-state index in [0.29, 0.717) is 0 Å². The summed E-state index contributed by atoms with van der Waals surface area (Å²) < 4.78 is 0. The van der Waals surface area contributed by atoms with Gasteiger partial charge in [0.25, 0.3) is 0 Å². The number of nitrogens with zero attached hydrogens (tertiary/aromatic N) is 1. The summed E-state index contributed by atoms with van der Waals surface area (Å²) >= 11 is 0. The second-order valence-corrected chi connectivity index (χ2v) is 5.33. The molecular formula is C15H20N2O3. The number of rotatable bonds is 4. The Bertz CT molecular complexity index is 494. The van der Waals surface area contributed by atoms with E-state index in [2.05, 4.69) is 17.3 Å².